The zero-order valence-corrected chi connectivity index (χ0v) is 14.2. The van der Waals surface area contributed by atoms with E-state index >= 15 is 0 Å². The Balaban J connectivity index is 1.67. The van der Waals surface area contributed by atoms with Crippen LogP contribution >= 0.6 is 0 Å². The zero-order chi connectivity index (χ0) is 16.7. The van der Waals surface area contributed by atoms with Crippen molar-refractivity contribution in [2.45, 2.75) is 32.2 Å². The summed E-state index contributed by atoms with van der Waals surface area (Å²) in [6.45, 7) is 2.93. The molecule has 23 heavy (non-hydrogen) atoms. The number of para-hydroxylation sites is 1. The quantitative estimate of drug-likeness (QED) is 0.814. The van der Waals surface area contributed by atoms with Gasteiger partial charge >= 0.3 is 0 Å². The van der Waals surface area contributed by atoms with E-state index < -0.39 is 10.0 Å². The molecule has 1 saturated heterocycles. The van der Waals surface area contributed by atoms with Gasteiger partial charge in [0, 0.05) is 19.1 Å². The second-order valence-electron chi connectivity index (χ2n) is 5.55. The highest BCUT2D eigenvalue weighted by Crippen LogP contribution is 2.14. The van der Waals surface area contributed by atoms with Crippen LogP contribution < -0.4 is 10.1 Å². The van der Waals surface area contributed by atoms with Gasteiger partial charge in [0.2, 0.25) is 15.9 Å². The number of nitrogens with zero attached hydrogens (tertiary/aromatic N) is 1. The summed E-state index contributed by atoms with van der Waals surface area (Å²) in [7, 11) is -3.12. The molecule has 1 aromatic carbocycles. The first-order chi connectivity index (χ1) is 11.0. The molecule has 1 aliphatic rings. The number of hydrogen-bond acceptors (Lipinski definition) is 4. The van der Waals surface area contributed by atoms with Crippen molar-refractivity contribution in [2.24, 2.45) is 0 Å². The molecule has 0 radical (unpaired) electrons. The molecule has 0 bridgehead atoms. The largest absolute Gasteiger partial charge is 0.493 e. The first-order valence-electron chi connectivity index (χ1n) is 7.96. The number of rotatable bonds is 7. The molecule has 2 rings (SSSR count). The summed E-state index contributed by atoms with van der Waals surface area (Å²) in [5.41, 5.74) is 0. The Kier molecular flexibility index (Phi) is 6.41. The van der Waals surface area contributed by atoms with Gasteiger partial charge in [0.15, 0.2) is 0 Å². The zero-order valence-electron chi connectivity index (χ0n) is 13.4. The summed E-state index contributed by atoms with van der Waals surface area (Å²) in [4.78, 5) is 11.9. The normalized spacial score (nSPS) is 16.9. The lowest BCUT2D eigenvalue weighted by molar-refractivity contribution is -0.122. The van der Waals surface area contributed by atoms with Gasteiger partial charge in [-0.05, 0) is 31.9 Å². The fraction of sp³-hybridized carbons (Fsp3) is 0.562. The highest BCUT2D eigenvalue weighted by Gasteiger charge is 2.27. The third kappa shape index (κ3) is 5.51. The number of benzene rings is 1. The van der Waals surface area contributed by atoms with E-state index in [2.05, 4.69) is 5.32 Å². The molecule has 1 aromatic rings. The van der Waals surface area contributed by atoms with Gasteiger partial charge in [-0.2, -0.15) is 0 Å². The van der Waals surface area contributed by atoms with Crippen LogP contribution in [0.15, 0.2) is 30.3 Å². The summed E-state index contributed by atoms with van der Waals surface area (Å²) in [5.74, 6) is 0.817. The van der Waals surface area contributed by atoms with Crippen molar-refractivity contribution in [2.75, 3.05) is 25.4 Å². The van der Waals surface area contributed by atoms with Crippen molar-refractivity contribution >= 4 is 15.9 Å². The van der Waals surface area contributed by atoms with Gasteiger partial charge in [0.05, 0.1) is 18.8 Å². The van der Waals surface area contributed by atoms with Crippen LogP contribution in [0.3, 0.4) is 0 Å². The minimum atomic E-state index is -3.12. The van der Waals surface area contributed by atoms with Gasteiger partial charge in [-0.1, -0.05) is 18.2 Å². The Bertz CT molecular complexity index is 596. The Morgan fingerprint density at radius 1 is 1.26 bits per heavy atom. The average Bonchev–Trinajstić information content (AvgIpc) is 2.56. The molecule has 6 nitrogen and oxygen atoms in total. The van der Waals surface area contributed by atoms with E-state index in [9.17, 15) is 13.2 Å². The highest BCUT2D eigenvalue weighted by molar-refractivity contribution is 7.89. The van der Waals surface area contributed by atoms with Gasteiger partial charge in [0.25, 0.3) is 0 Å². The van der Waals surface area contributed by atoms with Crippen molar-refractivity contribution in [1.82, 2.24) is 9.62 Å². The lowest BCUT2D eigenvalue weighted by atomic mass is 10.1. The molecule has 0 atom stereocenters. The van der Waals surface area contributed by atoms with Crippen LogP contribution in [0.25, 0.3) is 0 Å². The van der Waals surface area contributed by atoms with E-state index in [4.69, 9.17) is 4.74 Å². The summed E-state index contributed by atoms with van der Waals surface area (Å²) in [6, 6.07) is 9.41. The summed E-state index contributed by atoms with van der Waals surface area (Å²) < 4.78 is 30.6. The average molecular weight is 340 g/mol. The van der Waals surface area contributed by atoms with Crippen molar-refractivity contribution in [1.29, 1.82) is 0 Å². The molecule has 128 valence electrons. The Morgan fingerprint density at radius 2 is 1.91 bits per heavy atom. The van der Waals surface area contributed by atoms with Crippen molar-refractivity contribution in [3.05, 3.63) is 30.3 Å². The number of piperidine rings is 1. The van der Waals surface area contributed by atoms with E-state index in [1.54, 1.807) is 6.92 Å². The molecule has 1 aliphatic heterocycles. The molecule has 1 amide bonds. The molecule has 7 heteroatoms. The summed E-state index contributed by atoms with van der Waals surface area (Å²) >= 11 is 0. The summed E-state index contributed by atoms with van der Waals surface area (Å²) in [6.07, 6.45) is 1.61. The third-order valence-electron chi connectivity index (χ3n) is 3.92. The topological polar surface area (TPSA) is 75.7 Å². The van der Waals surface area contributed by atoms with Gasteiger partial charge in [-0.25, -0.2) is 12.7 Å². The molecule has 0 unspecified atom stereocenters. The minimum Gasteiger partial charge on any atom is -0.493 e. The Morgan fingerprint density at radius 3 is 2.52 bits per heavy atom. The first kappa shape index (κ1) is 17.7. The fourth-order valence-electron chi connectivity index (χ4n) is 2.54. The Hall–Kier alpha value is -1.60. The predicted octanol–water partition coefficient (Wildman–Crippen LogP) is 1.39. The highest BCUT2D eigenvalue weighted by atomic mass is 32.2. The van der Waals surface area contributed by atoms with Gasteiger partial charge in [-0.15, -0.1) is 0 Å². The van der Waals surface area contributed by atoms with E-state index in [1.165, 1.54) is 4.31 Å². The predicted molar refractivity (Wildman–Crippen MR) is 88.8 cm³/mol. The van der Waals surface area contributed by atoms with Crippen molar-refractivity contribution in [3.8, 4) is 5.75 Å². The SMILES string of the molecule is CCS(=O)(=O)N1CCC(NC(=O)CCOc2ccccc2)CC1. The van der Waals surface area contributed by atoms with Gasteiger partial charge < -0.3 is 10.1 Å². The molecule has 0 spiro atoms. The van der Waals surface area contributed by atoms with Gasteiger partial charge in [-0.3, -0.25) is 4.79 Å². The molecule has 1 N–H and O–H groups in total. The number of hydrogen-bond donors (Lipinski definition) is 1. The van der Waals surface area contributed by atoms with Crippen LogP contribution in [-0.4, -0.2) is 50.1 Å². The lowest BCUT2D eigenvalue weighted by Gasteiger charge is -2.31. The molecule has 0 aromatic heterocycles. The standard InChI is InChI=1S/C16H24N2O4S/c1-2-23(20,21)18-11-8-14(9-12-18)17-16(19)10-13-22-15-6-4-3-5-7-15/h3-7,14H,2,8-13H2,1H3,(H,17,19). The molecule has 1 fully saturated rings. The molecular formula is C16H24N2O4S. The number of nitrogens with one attached hydrogen (secondary N) is 1. The van der Waals surface area contributed by atoms with E-state index in [0.717, 1.165) is 5.75 Å². The molecular weight excluding hydrogens is 316 g/mol. The number of sulfonamides is 1. The van der Waals surface area contributed by atoms with E-state index in [0.29, 0.717) is 39.0 Å². The van der Waals surface area contributed by atoms with Crippen molar-refractivity contribution in [3.63, 3.8) is 0 Å². The van der Waals surface area contributed by atoms with Crippen LogP contribution in [0.1, 0.15) is 26.2 Å². The lowest BCUT2D eigenvalue weighted by Crippen LogP contribution is -2.47. The smallest absolute Gasteiger partial charge is 0.223 e. The van der Waals surface area contributed by atoms with E-state index in [1.807, 2.05) is 30.3 Å². The van der Waals surface area contributed by atoms with Crippen LogP contribution in [-0.2, 0) is 14.8 Å². The monoisotopic (exact) mass is 340 g/mol. The maximum absolute atomic E-state index is 11.9. The molecule has 0 saturated carbocycles. The molecule has 0 aliphatic carbocycles. The Labute approximate surface area is 137 Å². The second kappa shape index (κ2) is 8.31. The third-order valence-corrected chi connectivity index (χ3v) is 5.80. The second-order valence-corrected chi connectivity index (χ2v) is 7.81. The number of carbonyl (C=O) groups excluding carboxylic acids is 1. The fourth-order valence-corrected chi connectivity index (χ4v) is 3.67. The van der Waals surface area contributed by atoms with Crippen LogP contribution in [0.4, 0.5) is 0 Å². The minimum absolute atomic E-state index is 0.0440. The van der Waals surface area contributed by atoms with E-state index in [-0.39, 0.29) is 17.7 Å². The maximum Gasteiger partial charge on any atom is 0.223 e. The van der Waals surface area contributed by atoms with Crippen LogP contribution in [0.5, 0.6) is 5.75 Å². The summed E-state index contributed by atoms with van der Waals surface area (Å²) in [5, 5.41) is 2.95. The van der Waals surface area contributed by atoms with Crippen LogP contribution in [0, 0.1) is 0 Å². The van der Waals surface area contributed by atoms with Gasteiger partial charge in [0.1, 0.15) is 5.75 Å². The van der Waals surface area contributed by atoms with Crippen LogP contribution in [0.2, 0.25) is 0 Å². The maximum atomic E-state index is 11.9. The van der Waals surface area contributed by atoms with Crippen molar-refractivity contribution < 1.29 is 17.9 Å². The number of ether oxygens (including phenoxy) is 1. The number of carbonyl (C=O) groups is 1. The number of amides is 1. The first-order valence-corrected chi connectivity index (χ1v) is 9.57. The molecule has 1 heterocycles.